The molecule has 5 heteroatoms. The summed E-state index contributed by atoms with van der Waals surface area (Å²) in [5.74, 6) is 1.20. The molecule has 0 radical (unpaired) electrons. The number of carbonyl (C=O) groups excluding carboxylic acids is 1. The number of aliphatic hydroxyl groups excluding tert-OH is 1. The van der Waals surface area contributed by atoms with Crippen LogP contribution in [0.2, 0.25) is 0 Å². The highest BCUT2D eigenvalue weighted by molar-refractivity contribution is 5.69. The SMILES string of the molecule is CCOc1ccc(C[C@H]2C[C@@H](CO)N(C(=O)OC(C)(C)C)C2)cc1. The van der Waals surface area contributed by atoms with Crippen LogP contribution in [-0.4, -0.2) is 47.5 Å². The number of aliphatic hydroxyl groups is 1. The third-order valence-electron chi connectivity index (χ3n) is 4.10. The molecule has 134 valence electrons. The Morgan fingerprint density at radius 1 is 1.29 bits per heavy atom. The van der Waals surface area contributed by atoms with Crippen molar-refractivity contribution < 1.29 is 19.4 Å². The molecule has 0 saturated carbocycles. The lowest BCUT2D eigenvalue weighted by atomic mass is 9.97. The molecule has 24 heavy (non-hydrogen) atoms. The molecule has 1 saturated heterocycles. The maximum absolute atomic E-state index is 12.3. The van der Waals surface area contributed by atoms with Crippen LogP contribution in [0.1, 0.15) is 39.7 Å². The molecule has 1 aliphatic heterocycles. The number of amides is 1. The van der Waals surface area contributed by atoms with Gasteiger partial charge in [-0.05, 0) is 64.2 Å². The summed E-state index contributed by atoms with van der Waals surface area (Å²) in [5.41, 5.74) is 0.691. The number of benzene rings is 1. The first-order valence-electron chi connectivity index (χ1n) is 8.64. The van der Waals surface area contributed by atoms with E-state index in [-0.39, 0.29) is 18.7 Å². The fourth-order valence-corrected chi connectivity index (χ4v) is 3.10. The van der Waals surface area contributed by atoms with Crippen molar-refractivity contribution in [1.82, 2.24) is 4.90 Å². The molecule has 0 aliphatic carbocycles. The van der Waals surface area contributed by atoms with E-state index in [1.807, 2.05) is 39.8 Å². The number of hydrogen-bond donors (Lipinski definition) is 1. The maximum Gasteiger partial charge on any atom is 0.410 e. The maximum atomic E-state index is 12.3. The van der Waals surface area contributed by atoms with Gasteiger partial charge in [-0.25, -0.2) is 4.79 Å². The number of ether oxygens (including phenoxy) is 2. The first-order valence-corrected chi connectivity index (χ1v) is 8.64. The van der Waals surface area contributed by atoms with Gasteiger partial charge in [-0.15, -0.1) is 0 Å². The van der Waals surface area contributed by atoms with Crippen LogP contribution in [0.3, 0.4) is 0 Å². The van der Waals surface area contributed by atoms with E-state index in [1.54, 1.807) is 4.90 Å². The lowest BCUT2D eigenvalue weighted by Gasteiger charge is -2.27. The number of carbonyl (C=O) groups is 1. The minimum absolute atomic E-state index is 0.0287. The molecule has 1 aliphatic rings. The zero-order valence-electron chi connectivity index (χ0n) is 15.1. The third-order valence-corrected chi connectivity index (χ3v) is 4.10. The number of nitrogens with zero attached hydrogens (tertiary/aromatic N) is 1. The fraction of sp³-hybridized carbons (Fsp3) is 0.632. The van der Waals surface area contributed by atoms with Gasteiger partial charge in [-0.3, -0.25) is 0 Å². The quantitative estimate of drug-likeness (QED) is 0.897. The smallest absolute Gasteiger partial charge is 0.410 e. The van der Waals surface area contributed by atoms with Crippen LogP contribution in [0.25, 0.3) is 0 Å². The topological polar surface area (TPSA) is 59.0 Å². The van der Waals surface area contributed by atoms with Gasteiger partial charge in [0.15, 0.2) is 0 Å². The van der Waals surface area contributed by atoms with Crippen molar-refractivity contribution in [2.24, 2.45) is 5.92 Å². The number of likely N-dealkylation sites (tertiary alicyclic amines) is 1. The first kappa shape index (κ1) is 18.6. The highest BCUT2D eigenvalue weighted by atomic mass is 16.6. The predicted octanol–water partition coefficient (Wildman–Crippen LogP) is 3.25. The molecule has 1 aromatic carbocycles. The third kappa shape index (κ3) is 5.13. The van der Waals surface area contributed by atoms with E-state index in [2.05, 4.69) is 12.1 Å². The second-order valence-electron chi connectivity index (χ2n) is 7.35. The Morgan fingerprint density at radius 3 is 2.50 bits per heavy atom. The fourth-order valence-electron chi connectivity index (χ4n) is 3.10. The largest absolute Gasteiger partial charge is 0.494 e. The standard InChI is InChI=1S/C19H29NO4/c1-5-23-17-8-6-14(7-9-17)10-15-11-16(13-21)20(12-15)18(22)24-19(2,3)4/h6-9,15-16,21H,5,10-13H2,1-4H3/t15-,16-/m0/s1. The molecule has 0 spiro atoms. The summed E-state index contributed by atoms with van der Waals surface area (Å²) in [7, 11) is 0. The van der Waals surface area contributed by atoms with Crippen molar-refractivity contribution in [2.45, 2.75) is 52.2 Å². The summed E-state index contributed by atoms with van der Waals surface area (Å²) in [6.07, 6.45) is 1.33. The lowest BCUT2D eigenvalue weighted by molar-refractivity contribution is 0.0172. The summed E-state index contributed by atoms with van der Waals surface area (Å²) in [6.45, 7) is 8.77. The predicted molar refractivity (Wildman–Crippen MR) is 93.2 cm³/mol. The molecule has 1 amide bonds. The van der Waals surface area contributed by atoms with Gasteiger partial charge >= 0.3 is 6.09 Å². The second kappa shape index (κ2) is 7.88. The van der Waals surface area contributed by atoms with Crippen LogP contribution in [0.15, 0.2) is 24.3 Å². The normalized spacial score (nSPS) is 21.0. The van der Waals surface area contributed by atoms with Crippen molar-refractivity contribution in [2.75, 3.05) is 19.8 Å². The molecule has 2 atom stereocenters. The number of rotatable bonds is 5. The van der Waals surface area contributed by atoms with Crippen LogP contribution in [-0.2, 0) is 11.2 Å². The first-order chi connectivity index (χ1) is 11.3. The zero-order chi connectivity index (χ0) is 17.7. The average Bonchev–Trinajstić information content (AvgIpc) is 2.91. The van der Waals surface area contributed by atoms with Crippen molar-refractivity contribution in [3.8, 4) is 5.75 Å². The van der Waals surface area contributed by atoms with E-state index >= 15 is 0 Å². The minimum Gasteiger partial charge on any atom is -0.494 e. The molecule has 0 unspecified atom stereocenters. The van der Waals surface area contributed by atoms with Crippen molar-refractivity contribution in [3.63, 3.8) is 0 Å². The molecule has 1 aromatic rings. The van der Waals surface area contributed by atoms with Gasteiger partial charge in [0.25, 0.3) is 0 Å². The molecular formula is C19H29NO4. The van der Waals surface area contributed by atoms with Gasteiger partial charge in [-0.2, -0.15) is 0 Å². The number of hydrogen-bond acceptors (Lipinski definition) is 4. The Balaban J connectivity index is 1.96. The van der Waals surface area contributed by atoms with Crippen LogP contribution in [0.5, 0.6) is 5.75 Å². The Hall–Kier alpha value is -1.75. The Kier molecular flexibility index (Phi) is 6.10. The summed E-state index contributed by atoms with van der Waals surface area (Å²) in [5, 5.41) is 9.60. The molecule has 0 aromatic heterocycles. The minimum atomic E-state index is -0.524. The van der Waals surface area contributed by atoms with Crippen LogP contribution in [0.4, 0.5) is 4.79 Å². The Morgan fingerprint density at radius 2 is 1.96 bits per heavy atom. The zero-order valence-corrected chi connectivity index (χ0v) is 15.1. The lowest BCUT2D eigenvalue weighted by Crippen LogP contribution is -2.41. The summed E-state index contributed by atoms with van der Waals surface area (Å²) >= 11 is 0. The van der Waals surface area contributed by atoms with Gasteiger partial charge in [0.05, 0.1) is 19.3 Å². The van der Waals surface area contributed by atoms with Gasteiger partial charge in [0.2, 0.25) is 0 Å². The van der Waals surface area contributed by atoms with Gasteiger partial charge in [-0.1, -0.05) is 12.1 Å². The van der Waals surface area contributed by atoms with E-state index < -0.39 is 5.60 Å². The Bertz CT molecular complexity index is 535. The second-order valence-corrected chi connectivity index (χ2v) is 7.35. The van der Waals surface area contributed by atoms with Crippen LogP contribution < -0.4 is 4.74 Å². The van der Waals surface area contributed by atoms with E-state index in [0.717, 1.165) is 18.6 Å². The molecular weight excluding hydrogens is 306 g/mol. The Labute approximate surface area is 144 Å². The van der Waals surface area contributed by atoms with Crippen molar-refractivity contribution in [3.05, 3.63) is 29.8 Å². The highest BCUT2D eigenvalue weighted by Crippen LogP contribution is 2.28. The molecule has 1 fully saturated rings. The molecule has 1 N–H and O–H groups in total. The van der Waals surface area contributed by atoms with E-state index in [4.69, 9.17) is 9.47 Å². The molecule has 5 nitrogen and oxygen atoms in total. The van der Waals surface area contributed by atoms with E-state index in [1.165, 1.54) is 5.56 Å². The summed E-state index contributed by atoms with van der Waals surface area (Å²) in [4.78, 5) is 14.0. The molecule has 1 heterocycles. The van der Waals surface area contributed by atoms with Crippen LogP contribution >= 0.6 is 0 Å². The van der Waals surface area contributed by atoms with Crippen molar-refractivity contribution in [1.29, 1.82) is 0 Å². The van der Waals surface area contributed by atoms with E-state index in [9.17, 15) is 9.90 Å². The van der Waals surface area contributed by atoms with Crippen LogP contribution in [0, 0.1) is 5.92 Å². The van der Waals surface area contributed by atoms with Gasteiger partial charge in [0, 0.05) is 6.54 Å². The monoisotopic (exact) mass is 335 g/mol. The highest BCUT2D eigenvalue weighted by Gasteiger charge is 2.37. The van der Waals surface area contributed by atoms with E-state index in [0.29, 0.717) is 19.1 Å². The molecule has 2 rings (SSSR count). The van der Waals surface area contributed by atoms with Gasteiger partial charge in [0.1, 0.15) is 11.4 Å². The summed E-state index contributed by atoms with van der Waals surface area (Å²) < 4.78 is 10.9. The average molecular weight is 335 g/mol. The summed E-state index contributed by atoms with van der Waals surface area (Å²) in [6, 6.07) is 7.92. The van der Waals surface area contributed by atoms with Gasteiger partial charge < -0.3 is 19.5 Å². The molecule has 0 bridgehead atoms. The van der Waals surface area contributed by atoms with Crippen molar-refractivity contribution >= 4 is 6.09 Å².